The zero-order valence-corrected chi connectivity index (χ0v) is 30.6. The van der Waals surface area contributed by atoms with E-state index in [1.54, 1.807) is 0 Å². The minimum Gasteiger partial charge on any atom is -0.310 e. The Balaban J connectivity index is 1.20. The Bertz CT molecular complexity index is 2740. The van der Waals surface area contributed by atoms with Crippen LogP contribution in [0.2, 0.25) is 0 Å². The molecule has 1 spiro atoms. The Kier molecular flexibility index (Phi) is 6.64. The van der Waals surface area contributed by atoms with Crippen LogP contribution in [-0.4, -0.2) is 0 Å². The summed E-state index contributed by atoms with van der Waals surface area (Å²) in [6.45, 7) is 4.75. The van der Waals surface area contributed by atoms with Crippen LogP contribution in [0.25, 0.3) is 33.4 Å². The fourth-order valence-corrected chi connectivity index (χ4v) is 10.2. The number of anilines is 3. The van der Waals surface area contributed by atoms with Gasteiger partial charge in [-0.25, -0.2) is 0 Å². The van der Waals surface area contributed by atoms with E-state index in [9.17, 15) is 0 Å². The standard InChI is InChI=1S/C53H39N/c1-52(2)47-25-13-8-21-41(47)43-30-28-38(33-49(43)52)54(51-27-15-10-20-40(51)35-16-4-3-5-17-35)39-29-31-44-42-22-9-14-26-48(42)53(50(44)34-39)45-23-11-6-18-36(45)32-37-19-7-12-24-46(37)53/h3-31,33-34H,32H2,1-2H3. The average Bonchev–Trinajstić information content (AvgIpc) is 3.64. The van der Waals surface area contributed by atoms with Gasteiger partial charge < -0.3 is 4.90 Å². The highest BCUT2D eigenvalue weighted by molar-refractivity contribution is 5.94. The summed E-state index contributed by atoms with van der Waals surface area (Å²) in [7, 11) is 0. The van der Waals surface area contributed by atoms with Gasteiger partial charge in [0.1, 0.15) is 0 Å². The molecule has 54 heavy (non-hydrogen) atoms. The lowest BCUT2D eigenvalue weighted by atomic mass is 9.61. The number of hydrogen-bond acceptors (Lipinski definition) is 1. The third-order valence-electron chi connectivity index (χ3n) is 12.6. The molecule has 0 amide bonds. The van der Waals surface area contributed by atoms with Crippen molar-refractivity contribution in [3.63, 3.8) is 0 Å². The zero-order chi connectivity index (χ0) is 36.0. The van der Waals surface area contributed by atoms with Crippen molar-refractivity contribution in [3.8, 4) is 33.4 Å². The summed E-state index contributed by atoms with van der Waals surface area (Å²) < 4.78 is 0. The van der Waals surface area contributed by atoms with Crippen LogP contribution >= 0.6 is 0 Å². The van der Waals surface area contributed by atoms with Crippen LogP contribution in [0.3, 0.4) is 0 Å². The molecule has 0 heterocycles. The first-order chi connectivity index (χ1) is 26.5. The van der Waals surface area contributed by atoms with Crippen LogP contribution in [0.4, 0.5) is 17.1 Å². The Morgan fingerprint density at radius 1 is 0.370 bits per heavy atom. The second kappa shape index (κ2) is 11.5. The van der Waals surface area contributed by atoms with Gasteiger partial charge in [-0.3, -0.25) is 0 Å². The minimum atomic E-state index is -0.431. The summed E-state index contributed by atoms with van der Waals surface area (Å²) in [5.74, 6) is 0. The molecule has 3 aliphatic rings. The van der Waals surface area contributed by atoms with Gasteiger partial charge in [-0.1, -0.05) is 172 Å². The van der Waals surface area contributed by atoms with Crippen molar-refractivity contribution in [1.82, 2.24) is 0 Å². The molecule has 256 valence electrons. The average molecular weight is 690 g/mol. The smallest absolute Gasteiger partial charge is 0.0719 e. The van der Waals surface area contributed by atoms with Gasteiger partial charge in [0.05, 0.1) is 11.1 Å². The highest BCUT2D eigenvalue weighted by Gasteiger charge is 2.50. The first-order valence-electron chi connectivity index (χ1n) is 19.2. The molecule has 0 bridgehead atoms. The molecule has 8 aromatic rings. The molecular formula is C53H39N. The van der Waals surface area contributed by atoms with E-state index >= 15 is 0 Å². The van der Waals surface area contributed by atoms with Crippen molar-refractivity contribution in [2.75, 3.05) is 4.90 Å². The number of hydrogen-bond donors (Lipinski definition) is 0. The number of para-hydroxylation sites is 1. The molecule has 0 fully saturated rings. The molecule has 1 heteroatoms. The Morgan fingerprint density at radius 2 is 0.833 bits per heavy atom. The van der Waals surface area contributed by atoms with Crippen molar-refractivity contribution in [2.45, 2.75) is 31.1 Å². The summed E-state index contributed by atoms with van der Waals surface area (Å²) in [6.07, 6.45) is 0.940. The number of rotatable bonds is 4. The second-order valence-corrected chi connectivity index (χ2v) is 15.6. The molecule has 1 nitrogen and oxygen atoms in total. The zero-order valence-electron chi connectivity index (χ0n) is 30.6. The van der Waals surface area contributed by atoms with Crippen LogP contribution < -0.4 is 4.90 Å². The van der Waals surface area contributed by atoms with Crippen LogP contribution in [0, 0.1) is 0 Å². The van der Waals surface area contributed by atoms with Gasteiger partial charge in [-0.15, -0.1) is 0 Å². The molecule has 0 radical (unpaired) electrons. The summed E-state index contributed by atoms with van der Waals surface area (Å²) in [6, 6.07) is 70.5. The van der Waals surface area contributed by atoms with Gasteiger partial charge in [-0.2, -0.15) is 0 Å². The van der Waals surface area contributed by atoms with Gasteiger partial charge in [0.25, 0.3) is 0 Å². The van der Waals surface area contributed by atoms with Crippen molar-refractivity contribution in [1.29, 1.82) is 0 Å². The lowest BCUT2D eigenvalue weighted by Gasteiger charge is -2.40. The third-order valence-corrected chi connectivity index (χ3v) is 12.6. The van der Waals surface area contributed by atoms with Crippen LogP contribution in [-0.2, 0) is 17.3 Å². The summed E-state index contributed by atoms with van der Waals surface area (Å²) in [4.78, 5) is 2.51. The van der Waals surface area contributed by atoms with Crippen LogP contribution in [0.5, 0.6) is 0 Å². The predicted molar refractivity (Wildman–Crippen MR) is 224 cm³/mol. The fraction of sp³-hybridized carbons (Fsp3) is 0.0943. The topological polar surface area (TPSA) is 3.24 Å². The molecule has 8 aromatic carbocycles. The first kappa shape index (κ1) is 31.1. The van der Waals surface area contributed by atoms with Crippen molar-refractivity contribution >= 4 is 17.1 Å². The number of benzene rings is 8. The van der Waals surface area contributed by atoms with E-state index in [0.717, 1.165) is 23.5 Å². The molecule has 0 saturated heterocycles. The normalized spacial score (nSPS) is 14.7. The monoisotopic (exact) mass is 689 g/mol. The molecule has 0 atom stereocenters. The van der Waals surface area contributed by atoms with E-state index in [4.69, 9.17) is 0 Å². The SMILES string of the molecule is CC1(C)c2ccccc2-c2ccc(N(c3ccc4c(c3)C3(c5ccccc5Cc5ccccc53)c3ccccc3-4)c3ccccc3-c3ccccc3)cc21. The van der Waals surface area contributed by atoms with Crippen molar-refractivity contribution < 1.29 is 0 Å². The van der Waals surface area contributed by atoms with Crippen LogP contribution in [0.1, 0.15) is 58.4 Å². The largest absolute Gasteiger partial charge is 0.310 e. The molecule has 0 unspecified atom stereocenters. The molecule has 11 rings (SSSR count). The lowest BCUT2D eigenvalue weighted by Crippen LogP contribution is -2.34. The van der Waals surface area contributed by atoms with E-state index in [1.807, 2.05) is 0 Å². The van der Waals surface area contributed by atoms with Crippen LogP contribution in [0.15, 0.2) is 188 Å². The fourth-order valence-electron chi connectivity index (χ4n) is 10.2. The van der Waals surface area contributed by atoms with Crippen molar-refractivity contribution in [2.24, 2.45) is 0 Å². The highest BCUT2D eigenvalue weighted by Crippen LogP contribution is 2.60. The molecule has 0 aromatic heterocycles. The maximum atomic E-state index is 2.52. The molecular weight excluding hydrogens is 651 g/mol. The minimum absolute atomic E-state index is 0.119. The van der Waals surface area contributed by atoms with E-state index in [0.29, 0.717) is 0 Å². The quantitative estimate of drug-likeness (QED) is 0.178. The maximum Gasteiger partial charge on any atom is 0.0719 e. The van der Waals surface area contributed by atoms with E-state index < -0.39 is 5.41 Å². The van der Waals surface area contributed by atoms with E-state index in [2.05, 4.69) is 207 Å². The van der Waals surface area contributed by atoms with E-state index in [1.165, 1.54) is 77.9 Å². The van der Waals surface area contributed by atoms with Gasteiger partial charge in [0.2, 0.25) is 0 Å². The molecule has 0 N–H and O–H groups in total. The second-order valence-electron chi connectivity index (χ2n) is 15.6. The summed E-state index contributed by atoms with van der Waals surface area (Å²) >= 11 is 0. The summed E-state index contributed by atoms with van der Waals surface area (Å²) in [5.41, 5.74) is 21.7. The third kappa shape index (κ3) is 4.21. The van der Waals surface area contributed by atoms with Gasteiger partial charge in [0, 0.05) is 22.4 Å². The predicted octanol–water partition coefficient (Wildman–Crippen LogP) is 13.4. The van der Waals surface area contributed by atoms with Gasteiger partial charge >= 0.3 is 0 Å². The van der Waals surface area contributed by atoms with E-state index in [-0.39, 0.29) is 5.41 Å². The summed E-state index contributed by atoms with van der Waals surface area (Å²) in [5, 5.41) is 0. The highest BCUT2D eigenvalue weighted by atomic mass is 15.1. The molecule has 3 aliphatic carbocycles. The number of fused-ring (bicyclic) bond motifs is 12. The Hall–Kier alpha value is -6.44. The van der Waals surface area contributed by atoms with Gasteiger partial charge in [0.15, 0.2) is 0 Å². The van der Waals surface area contributed by atoms with Gasteiger partial charge in [-0.05, 0) is 109 Å². The van der Waals surface area contributed by atoms with Crippen molar-refractivity contribution in [3.05, 3.63) is 233 Å². The maximum absolute atomic E-state index is 2.52. The molecule has 0 saturated carbocycles. The Labute approximate surface area is 317 Å². The lowest BCUT2D eigenvalue weighted by molar-refractivity contribution is 0.660. The Morgan fingerprint density at radius 3 is 1.50 bits per heavy atom. The molecule has 0 aliphatic heterocycles. The number of nitrogens with zero attached hydrogens (tertiary/aromatic N) is 1. The first-order valence-corrected chi connectivity index (χ1v) is 19.2.